The molecular weight excluding hydrogens is 290 g/mol. The summed E-state index contributed by atoms with van der Waals surface area (Å²) >= 11 is 7.74. The zero-order chi connectivity index (χ0) is 14.4. The van der Waals surface area contributed by atoms with Crippen molar-refractivity contribution < 1.29 is 4.74 Å². The Morgan fingerprint density at radius 3 is 2.85 bits per heavy atom. The van der Waals surface area contributed by atoms with E-state index in [9.17, 15) is 0 Å². The minimum Gasteiger partial charge on any atom is -0.492 e. The summed E-state index contributed by atoms with van der Waals surface area (Å²) in [5.41, 5.74) is 1.29. The molecule has 1 atom stereocenters. The molecule has 0 bridgehead atoms. The van der Waals surface area contributed by atoms with Gasteiger partial charge in [0.1, 0.15) is 12.4 Å². The van der Waals surface area contributed by atoms with Crippen LogP contribution in [0.25, 0.3) is 0 Å². The number of thiophene rings is 1. The van der Waals surface area contributed by atoms with Gasteiger partial charge in [0.2, 0.25) is 0 Å². The number of nitrogens with one attached hydrogen (secondary N) is 1. The maximum absolute atomic E-state index is 5.97. The minimum atomic E-state index is 0.221. The lowest BCUT2D eigenvalue weighted by molar-refractivity contribution is 0.266. The number of halogens is 1. The Morgan fingerprint density at radius 1 is 1.35 bits per heavy atom. The van der Waals surface area contributed by atoms with Crippen LogP contribution in [0.2, 0.25) is 5.02 Å². The summed E-state index contributed by atoms with van der Waals surface area (Å²) in [6, 6.07) is 9.97. The number of rotatable bonds is 7. The summed E-state index contributed by atoms with van der Waals surface area (Å²) in [6.07, 6.45) is 1.11. The third-order valence-electron chi connectivity index (χ3n) is 3.01. The van der Waals surface area contributed by atoms with Crippen LogP contribution < -0.4 is 10.1 Å². The molecule has 1 aromatic carbocycles. The second-order valence-electron chi connectivity index (χ2n) is 4.77. The lowest BCUT2D eigenvalue weighted by atomic mass is 10.1. The molecule has 4 heteroatoms. The van der Waals surface area contributed by atoms with Gasteiger partial charge in [-0.3, -0.25) is 0 Å². The van der Waals surface area contributed by atoms with Crippen molar-refractivity contribution in [3.05, 3.63) is 51.2 Å². The third kappa shape index (κ3) is 4.51. The molecule has 1 unspecified atom stereocenters. The molecule has 0 fully saturated rings. The highest BCUT2D eigenvalue weighted by Crippen LogP contribution is 2.23. The van der Waals surface area contributed by atoms with Gasteiger partial charge in [-0.25, -0.2) is 0 Å². The molecule has 108 valence electrons. The molecule has 0 aliphatic rings. The van der Waals surface area contributed by atoms with Gasteiger partial charge in [-0.05, 0) is 55.1 Å². The SMILES string of the molecule is CCCNC(COc1cccc(Cl)c1)c1csc(C)c1. The van der Waals surface area contributed by atoms with Gasteiger partial charge in [0, 0.05) is 9.90 Å². The molecule has 1 aromatic heterocycles. The van der Waals surface area contributed by atoms with Crippen LogP contribution in [-0.4, -0.2) is 13.2 Å². The Balaban J connectivity index is 2.00. The van der Waals surface area contributed by atoms with Crippen LogP contribution >= 0.6 is 22.9 Å². The van der Waals surface area contributed by atoms with Crippen LogP contribution in [0, 0.1) is 6.92 Å². The van der Waals surface area contributed by atoms with Crippen molar-refractivity contribution in [1.82, 2.24) is 5.32 Å². The molecule has 0 saturated carbocycles. The van der Waals surface area contributed by atoms with Gasteiger partial charge in [0.05, 0.1) is 6.04 Å². The molecule has 1 heterocycles. The van der Waals surface area contributed by atoms with Crippen molar-refractivity contribution in [1.29, 1.82) is 0 Å². The molecule has 2 rings (SSSR count). The Labute approximate surface area is 129 Å². The van der Waals surface area contributed by atoms with Gasteiger partial charge in [-0.1, -0.05) is 24.6 Å². The highest BCUT2D eigenvalue weighted by Gasteiger charge is 2.13. The van der Waals surface area contributed by atoms with E-state index in [0.717, 1.165) is 18.7 Å². The first-order chi connectivity index (χ1) is 9.69. The van der Waals surface area contributed by atoms with Crippen molar-refractivity contribution in [3.8, 4) is 5.75 Å². The van der Waals surface area contributed by atoms with E-state index >= 15 is 0 Å². The van der Waals surface area contributed by atoms with Crippen LogP contribution in [0.5, 0.6) is 5.75 Å². The van der Waals surface area contributed by atoms with Crippen LogP contribution in [0.1, 0.15) is 29.8 Å². The topological polar surface area (TPSA) is 21.3 Å². The standard InChI is InChI=1S/C16H20ClNOS/c1-3-7-18-16(13-8-12(2)20-11-13)10-19-15-6-4-5-14(17)9-15/h4-6,8-9,11,16,18H,3,7,10H2,1-2H3. The number of ether oxygens (including phenoxy) is 1. The van der Waals surface area contributed by atoms with Crippen molar-refractivity contribution in [2.45, 2.75) is 26.3 Å². The lowest BCUT2D eigenvalue weighted by Gasteiger charge is -2.18. The molecule has 2 aromatic rings. The fourth-order valence-electron chi connectivity index (χ4n) is 1.97. The summed E-state index contributed by atoms with van der Waals surface area (Å²) in [5, 5.41) is 6.43. The summed E-state index contributed by atoms with van der Waals surface area (Å²) in [7, 11) is 0. The van der Waals surface area contributed by atoms with Gasteiger partial charge >= 0.3 is 0 Å². The molecule has 0 radical (unpaired) electrons. The van der Waals surface area contributed by atoms with Gasteiger partial charge in [0.25, 0.3) is 0 Å². The lowest BCUT2D eigenvalue weighted by Crippen LogP contribution is -2.27. The highest BCUT2D eigenvalue weighted by molar-refractivity contribution is 7.10. The summed E-state index contributed by atoms with van der Waals surface area (Å²) in [5.74, 6) is 0.813. The fraction of sp³-hybridized carbons (Fsp3) is 0.375. The van der Waals surface area contributed by atoms with Gasteiger partial charge in [0.15, 0.2) is 0 Å². The molecule has 0 spiro atoms. The average Bonchev–Trinajstić information content (AvgIpc) is 2.85. The summed E-state index contributed by atoms with van der Waals surface area (Å²) in [4.78, 5) is 1.33. The minimum absolute atomic E-state index is 0.221. The first kappa shape index (κ1) is 15.4. The smallest absolute Gasteiger partial charge is 0.120 e. The van der Waals surface area contributed by atoms with Crippen LogP contribution in [0.4, 0.5) is 0 Å². The quantitative estimate of drug-likeness (QED) is 0.791. The van der Waals surface area contributed by atoms with E-state index in [1.54, 1.807) is 11.3 Å². The maximum Gasteiger partial charge on any atom is 0.120 e. The van der Waals surface area contributed by atoms with Crippen molar-refractivity contribution >= 4 is 22.9 Å². The monoisotopic (exact) mass is 309 g/mol. The Morgan fingerprint density at radius 2 is 2.20 bits per heavy atom. The highest BCUT2D eigenvalue weighted by atomic mass is 35.5. The average molecular weight is 310 g/mol. The van der Waals surface area contributed by atoms with Gasteiger partial charge < -0.3 is 10.1 Å². The zero-order valence-electron chi connectivity index (χ0n) is 11.9. The Hall–Kier alpha value is -1.03. The molecule has 0 aliphatic heterocycles. The summed E-state index contributed by atoms with van der Waals surface area (Å²) < 4.78 is 5.87. The van der Waals surface area contributed by atoms with E-state index in [1.165, 1.54) is 10.4 Å². The zero-order valence-corrected chi connectivity index (χ0v) is 13.4. The first-order valence-electron chi connectivity index (χ1n) is 6.86. The van der Waals surface area contributed by atoms with Gasteiger partial charge in [-0.15, -0.1) is 11.3 Å². The number of hydrogen-bond acceptors (Lipinski definition) is 3. The van der Waals surface area contributed by atoms with E-state index in [4.69, 9.17) is 16.3 Å². The van der Waals surface area contributed by atoms with Crippen molar-refractivity contribution in [2.75, 3.05) is 13.2 Å². The fourth-order valence-corrected chi connectivity index (χ4v) is 2.91. The molecule has 2 nitrogen and oxygen atoms in total. The van der Waals surface area contributed by atoms with Crippen molar-refractivity contribution in [3.63, 3.8) is 0 Å². The largest absolute Gasteiger partial charge is 0.492 e. The molecular formula is C16H20ClNOS. The van der Waals surface area contributed by atoms with Crippen LogP contribution in [0.3, 0.4) is 0 Å². The Bertz CT molecular complexity index is 541. The predicted molar refractivity (Wildman–Crippen MR) is 87.0 cm³/mol. The Kier molecular flexibility index (Phi) is 5.89. The van der Waals surface area contributed by atoms with Crippen LogP contribution in [0.15, 0.2) is 35.7 Å². The molecule has 1 N–H and O–H groups in total. The molecule has 0 saturated heterocycles. The van der Waals surface area contributed by atoms with E-state index in [-0.39, 0.29) is 6.04 Å². The second-order valence-corrected chi connectivity index (χ2v) is 6.32. The molecule has 20 heavy (non-hydrogen) atoms. The molecule has 0 amide bonds. The second kappa shape index (κ2) is 7.67. The normalized spacial score (nSPS) is 12.3. The van der Waals surface area contributed by atoms with Crippen molar-refractivity contribution in [2.24, 2.45) is 0 Å². The number of aryl methyl sites for hydroxylation is 1. The number of hydrogen-bond donors (Lipinski definition) is 1. The third-order valence-corrected chi connectivity index (χ3v) is 4.12. The van der Waals surface area contributed by atoms with E-state index in [2.05, 4.69) is 30.6 Å². The van der Waals surface area contributed by atoms with Gasteiger partial charge in [-0.2, -0.15) is 0 Å². The predicted octanol–water partition coefficient (Wildman–Crippen LogP) is 4.83. The maximum atomic E-state index is 5.97. The van der Waals surface area contributed by atoms with E-state index in [1.807, 2.05) is 24.3 Å². The van der Waals surface area contributed by atoms with Crippen LogP contribution in [-0.2, 0) is 0 Å². The van der Waals surface area contributed by atoms with E-state index in [0.29, 0.717) is 11.6 Å². The van der Waals surface area contributed by atoms with E-state index < -0.39 is 0 Å². The summed E-state index contributed by atoms with van der Waals surface area (Å²) in [6.45, 7) is 5.89. The number of benzene rings is 1. The first-order valence-corrected chi connectivity index (χ1v) is 8.11. The molecule has 0 aliphatic carbocycles.